The molecule has 146 valence electrons. The minimum atomic E-state index is -3.65. The number of pyridine rings is 1. The van der Waals surface area contributed by atoms with E-state index in [2.05, 4.69) is 15.1 Å². The second-order valence-electron chi connectivity index (χ2n) is 6.78. The zero-order chi connectivity index (χ0) is 19.6. The minimum absolute atomic E-state index is 0.0897. The van der Waals surface area contributed by atoms with Crippen molar-refractivity contribution in [2.24, 2.45) is 5.92 Å². The van der Waals surface area contributed by atoms with E-state index >= 15 is 0 Å². The van der Waals surface area contributed by atoms with Gasteiger partial charge >= 0.3 is 0 Å². The predicted molar refractivity (Wildman–Crippen MR) is 99.1 cm³/mol. The van der Waals surface area contributed by atoms with Gasteiger partial charge < -0.3 is 4.52 Å². The van der Waals surface area contributed by atoms with Gasteiger partial charge in [0.2, 0.25) is 10.0 Å². The van der Waals surface area contributed by atoms with E-state index < -0.39 is 15.8 Å². The average Bonchev–Trinajstić information content (AvgIpc) is 3.18. The van der Waals surface area contributed by atoms with Crippen LogP contribution in [0.2, 0.25) is 0 Å². The zero-order valence-corrected chi connectivity index (χ0v) is 15.8. The van der Waals surface area contributed by atoms with Crippen LogP contribution in [0.4, 0.5) is 4.39 Å². The first-order chi connectivity index (χ1) is 13.5. The van der Waals surface area contributed by atoms with E-state index in [1.54, 1.807) is 24.5 Å². The zero-order valence-electron chi connectivity index (χ0n) is 15.0. The highest BCUT2D eigenvalue weighted by atomic mass is 32.2. The van der Waals surface area contributed by atoms with Crippen LogP contribution in [0, 0.1) is 11.7 Å². The van der Waals surface area contributed by atoms with E-state index in [1.807, 2.05) is 0 Å². The number of hydrogen-bond donors (Lipinski definition) is 0. The van der Waals surface area contributed by atoms with Gasteiger partial charge in [-0.1, -0.05) is 5.16 Å². The van der Waals surface area contributed by atoms with E-state index in [9.17, 15) is 12.8 Å². The van der Waals surface area contributed by atoms with Gasteiger partial charge in [-0.15, -0.1) is 0 Å². The second kappa shape index (κ2) is 7.76. The van der Waals surface area contributed by atoms with Crippen molar-refractivity contribution in [1.82, 2.24) is 19.4 Å². The number of benzene rings is 1. The van der Waals surface area contributed by atoms with Crippen molar-refractivity contribution in [3.05, 3.63) is 60.4 Å². The Morgan fingerprint density at radius 2 is 1.89 bits per heavy atom. The van der Waals surface area contributed by atoms with Gasteiger partial charge in [0.1, 0.15) is 5.82 Å². The summed E-state index contributed by atoms with van der Waals surface area (Å²) in [5.41, 5.74) is 0.790. The molecule has 0 amide bonds. The van der Waals surface area contributed by atoms with E-state index in [4.69, 9.17) is 4.52 Å². The normalized spacial score (nSPS) is 18.2. The Bertz CT molecular complexity index is 1040. The number of piperidine rings is 1. The van der Waals surface area contributed by atoms with Gasteiger partial charge in [-0.25, -0.2) is 12.8 Å². The van der Waals surface area contributed by atoms with Gasteiger partial charge in [-0.3, -0.25) is 4.98 Å². The summed E-state index contributed by atoms with van der Waals surface area (Å²) in [4.78, 5) is 8.48. The molecule has 2 aromatic heterocycles. The summed E-state index contributed by atoms with van der Waals surface area (Å²) in [7, 11) is -3.65. The molecular formula is C19H19FN4O3S. The quantitative estimate of drug-likeness (QED) is 0.652. The number of sulfonamides is 1. The van der Waals surface area contributed by atoms with Gasteiger partial charge in [0, 0.05) is 37.5 Å². The largest absolute Gasteiger partial charge is 0.334 e. The lowest BCUT2D eigenvalue weighted by atomic mass is 9.96. The number of hydrogen-bond acceptors (Lipinski definition) is 6. The van der Waals surface area contributed by atoms with Crippen molar-refractivity contribution < 1.29 is 17.3 Å². The lowest BCUT2D eigenvalue weighted by Gasteiger charge is -2.31. The molecule has 1 fully saturated rings. The first kappa shape index (κ1) is 18.7. The molecule has 28 heavy (non-hydrogen) atoms. The maximum Gasteiger partial charge on any atom is 0.258 e. The number of rotatable bonds is 5. The molecule has 0 radical (unpaired) electrons. The monoisotopic (exact) mass is 402 g/mol. The Labute approximate surface area is 162 Å². The third kappa shape index (κ3) is 3.95. The molecule has 1 aliphatic heterocycles. The lowest BCUT2D eigenvalue weighted by Crippen LogP contribution is -2.40. The maximum absolute atomic E-state index is 13.1. The van der Waals surface area contributed by atoms with Crippen molar-refractivity contribution >= 4 is 10.0 Å². The van der Waals surface area contributed by atoms with Crippen LogP contribution in [-0.2, 0) is 16.4 Å². The number of aromatic nitrogens is 3. The first-order valence-corrected chi connectivity index (χ1v) is 10.4. The molecular weight excluding hydrogens is 383 g/mol. The van der Waals surface area contributed by atoms with Crippen LogP contribution in [0.5, 0.6) is 0 Å². The van der Waals surface area contributed by atoms with E-state index in [1.165, 1.54) is 16.4 Å². The van der Waals surface area contributed by atoms with Crippen LogP contribution < -0.4 is 0 Å². The van der Waals surface area contributed by atoms with Crippen LogP contribution in [0.25, 0.3) is 11.5 Å². The Kier molecular flexibility index (Phi) is 5.19. The van der Waals surface area contributed by atoms with Crippen molar-refractivity contribution in [3.8, 4) is 11.5 Å². The Morgan fingerprint density at radius 1 is 1.14 bits per heavy atom. The molecule has 0 bridgehead atoms. The summed E-state index contributed by atoms with van der Waals surface area (Å²) in [6.07, 6.45) is 5.47. The molecule has 1 aliphatic rings. The van der Waals surface area contributed by atoms with Crippen molar-refractivity contribution in [2.75, 3.05) is 13.1 Å². The van der Waals surface area contributed by atoms with Gasteiger partial charge in [0.15, 0.2) is 5.82 Å². The summed E-state index contributed by atoms with van der Waals surface area (Å²) >= 11 is 0. The smallest absolute Gasteiger partial charge is 0.258 e. The van der Waals surface area contributed by atoms with Crippen LogP contribution in [0.3, 0.4) is 0 Å². The van der Waals surface area contributed by atoms with E-state index in [0.717, 1.165) is 30.5 Å². The molecule has 0 N–H and O–H groups in total. The van der Waals surface area contributed by atoms with Crippen molar-refractivity contribution in [2.45, 2.75) is 24.2 Å². The third-order valence-electron chi connectivity index (χ3n) is 4.80. The molecule has 9 heteroatoms. The van der Waals surface area contributed by atoms with E-state index in [-0.39, 0.29) is 10.8 Å². The molecule has 1 unspecified atom stereocenters. The Balaban J connectivity index is 1.46. The third-order valence-corrected chi connectivity index (χ3v) is 6.68. The molecule has 3 aromatic rings. The predicted octanol–water partition coefficient (Wildman–Crippen LogP) is 2.91. The molecule has 7 nitrogen and oxygen atoms in total. The van der Waals surface area contributed by atoms with Gasteiger partial charge in [0.25, 0.3) is 5.89 Å². The fraction of sp³-hybridized carbons (Fsp3) is 0.316. The highest BCUT2D eigenvalue weighted by Crippen LogP contribution is 2.26. The van der Waals surface area contributed by atoms with Gasteiger partial charge in [0.05, 0.1) is 4.90 Å². The highest BCUT2D eigenvalue weighted by Gasteiger charge is 2.31. The second-order valence-corrected chi connectivity index (χ2v) is 8.72. The summed E-state index contributed by atoms with van der Waals surface area (Å²) in [6, 6.07) is 8.50. The number of halogens is 1. The fourth-order valence-corrected chi connectivity index (χ4v) is 4.93. The van der Waals surface area contributed by atoms with Crippen LogP contribution >= 0.6 is 0 Å². The summed E-state index contributed by atoms with van der Waals surface area (Å²) in [5, 5.41) is 4.03. The van der Waals surface area contributed by atoms with Crippen LogP contribution in [-0.4, -0.2) is 40.9 Å². The Hall–Kier alpha value is -2.65. The first-order valence-electron chi connectivity index (χ1n) is 9.01. The molecule has 1 saturated heterocycles. The van der Waals surface area contributed by atoms with Crippen molar-refractivity contribution in [1.29, 1.82) is 0 Å². The standard InChI is InChI=1S/C19H19FN4O3S/c20-16-3-5-17(6-4-16)28(25,26)24-11-1-2-14(13-24)12-18-22-19(27-23-18)15-7-9-21-10-8-15/h3-10,14H,1-2,11-13H2. The summed E-state index contributed by atoms with van der Waals surface area (Å²) in [6.45, 7) is 0.823. The Morgan fingerprint density at radius 3 is 2.64 bits per heavy atom. The summed E-state index contributed by atoms with van der Waals surface area (Å²) < 4.78 is 45.5. The SMILES string of the molecule is O=S(=O)(c1ccc(F)cc1)N1CCCC(Cc2noc(-c3ccncc3)n2)C1. The topological polar surface area (TPSA) is 89.2 Å². The molecule has 0 spiro atoms. The average molecular weight is 402 g/mol. The van der Waals surface area contributed by atoms with Gasteiger partial charge in [-0.05, 0) is 55.2 Å². The van der Waals surface area contributed by atoms with E-state index in [0.29, 0.717) is 31.2 Å². The van der Waals surface area contributed by atoms with Crippen LogP contribution in [0.1, 0.15) is 18.7 Å². The lowest BCUT2D eigenvalue weighted by molar-refractivity contribution is 0.261. The number of nitrogens with zero attached hydrogens (tertiary/aromatic N) is 4. The molecule has 4 rings (SSSR count). The minimum Gasteiger partial charge on any atom is -0.334 e. The van der Waals surface area contributed by atoms with Crippen molar-refractivity contribution in [3.63, 3.8) is 0 Å². The fourth-order valence-electron chi connectivity index (χ4n) is 3.37. The highest BCUT2D eigenvalue weighted by molar-refractivity contribution is 7.89. The van der Waals surface area contributed by atoms with Gasteiger partial charge in [-0.2, -0.15) is 9.29 Å². The maximum atomic E-state index is 13.1. The molecule has 1 aromatic carbocycles. The molecule has 1 atom stereocenters. The molecule has 0 saturated carbocycles. The van der Waals surface area contributed by atoms with Crippen LogP contribution in [0.15, 0.2) is 58.2 Å². The summed E-state index contributed by atoms with van der Waals surface area (Å²) in [5.74, 6) is 0.603. The molecule has 3 heterocycles. The molecule has 0 aliphatic carbocycles.